The van der Waals surface area contributed by atoms with Gasteiger partial charge in [0.05, 0.1) is 13.0 Å². The largest absolute Gasteiger partial charge is 0.470 e. The van der Waals surface area contributed by atoms with E-state index in [0.29, 0.717) is 12.8 Å². The monoisotopic (exact) mass is 527 g/mol. The Bertz CT molecular complexity index is 674. The van der Waals surface area contributed by atoms with Crippen LogP contribution in [0.5, 0.6) is 0 Å². The van der Waals surface area contributed by atoms with Crippen molar-refractivity contribution in [2.24, 2.45) is 0 Å². The van der Waals surface area contributed by atoms with E-state index < -0.39 is 63.1 Å². The van der Waals surface area contributed by atoms with Crippen LogP contribution in [0.4, 0.5) is 0 Å². The van der Waals surface area contributed by atoms with E-state index in [1.165, 1.54) is 0 Å². The summed E-state index contributed by atoms with van der Waals surface area (Å²) >= 11 is 0. The molecule has 1 fully saturated rings. The Morgan fingerprint density at radius 2 is 1.66 bits per heavy atom. The minimum Gasteiger partial charge on any atom is -0.462 e. The highest BCUT2D eigenvalue weighted by molar-refractivity contribution is 7.46. The fraction of sp³-hybridized carbons (Fsp3) is 0.909. The number of esters is 1. The first kappa shape index (κ1) is 31.9. The Kier molecular flexibility index (Phi) is 15.1. The van der Waals surface area contributed by atoms with E-state index in [0.717, 1.165) is 44.9 Å². The van der Waals surface area contributed by atoms with Gasteiger partial charge in [0.2, 0.25) is 5.91 Å². The minimum atomic E-state index is -5.08. The van der Waals surface area contributed by atoms with Crippen molar-refractivity contribution in [3.63, 3.8) is 0 Å². The van der Waals surface area contributed by atoms with E-state index >= 15 is 0 Å². The van der Waals surface area contributed by atoms with Gasteiger partial charge in [0.25, 0.3) is 0 Å². The van der Waals surface area contributed by atoms with Crippen molar-refractivity contribution in [1.82, 2.24) is 5.32 Å². The highest BCUT2D eigenvalue weighted by atomic mass is 31.2. The summed E-state index contributed by atoms with van der Waals surface area (Å²) in [7, 11) is -5.08. The molecule has 1 saturated heterocycles. The summed E-state index contributed by atoms with van der Waals surface area (Å²) in [5.41, 5.74) is 0. The Labute approximate surface area is 206 Å². The molecule has 0 bridgehead atoms. The van der Waals surface area contributed by atoms with E-state index in [-0.39, 0.29) is 12.8 Å². The molecule has 0 aliphatic carbocycles. The molecule has 0 aromatic heterocycles. The smallest absolute Gasteiger partial charge is 0.462 e. The highest BCUT2D eigenvalue weighted by Gasteiger charge is 2.48. The number of carbonyl (C=O) groups is 2. The van der Waals surface area contributed by atoms with Crippen molar-refractivity contribution >= 4 is 19.7 Å². The molecular weight excluding hydrogens is 485 g/mol. The lowest BCUT2D eigenvalue weighted by Crippen LogP contribution is -2.64. The molecule has 6 atom stereocenters. The first-order valence-corrected chi connectivity index (χ1v) is 13.9. The van der Waals surface area contributed by atoms with Gasteiger partial charge in [-0.2, -0.15) is 0 Å². The van der Waals surface area contributed by atoms with Crippen molar-refractivity contribution in [2.45, 2.75) is 121 Å². The fourth-order valence-electron chi connectivity index (χ4n) is 3.90. The average molecular weight is 528 g/mol. The number of phosphoric ester groups is 1. The minimum absolute atomic E-state index is 0.226. The molecular formula is C22H42NO11P. The molecule has 0 unspecified atom stereocenters. The Balaban J connectivity index is 2.77. The third-order valence-corrected chi connectivity index (χ3v) is 6.30. The van der Waals surface area contributed by atoms with Gasteiger partial charge < -0.3 is 39.9 Å². The molecule has 206 valence electrons. The second kappa shape index (κ2) is 16.6. The van der Waals surface area contributed by atoms with Crippen LogP contribution in [0.3, 0.4) is 0 Å². The molecule has 35 heavy (non-hydrogen) atoms. The van der Waals surface area contributed by atoms with Gasteiger partial charge in [0, 0.05) is 6.42 Å². The molecule has 13 heteroatoms. The predicted molar refractivity (Wildman–Crippen MR) is 125 cm³/mol. The Hall–Kier alpha value is -1.11. The summed E-state index contributed by atoms with van der Waals surface area (Å²) < 4.78 is 26.3. The zero-order valence-electron chi connectivity index (χ0n) is 20.6. The van der Waals surface area contributed by atoms with Crippen LogP contribution in [0, 0.1) is 0 Å². The summed E-state index contributed by atoms with van der Waals surface area (Å²) in [4.78, 5) is 43.0. The molecule has 0 radical (unpaired) electrons. The molecule has 12 nitrogen and oxygen atoms in total. The predicted octanol–water partition coefficient (Wildman–Crippen LogP) is 1.26. The Morgan fingerprint density at radius 3 is 2.26 bits per heavy atom. The van der Waals surface area contributed by atoms with Gasteiger partial charge in [0.15, 0.2) is 6.29 Å². The summed E-state index contributed by atoms with van der Waals surface area (Å²) in [6.07, 6.45) is 0.694. The lowest BCUT2D eigenvalue weighted by atomic mass is 9.96. The van der Waals surface area contributed by atoms with Crippen LogP contribution in [-0.4, -0.2) is 80.3 Å². The molecule has 1 heterocycles. The fourth-order valence-corrected chi connectivity index (χ4v) is 4.48. The topological polar surface area (TPSA) is 192 Å². The normalized spacial score (nSPS) is 25.7. The maximum atomic E-state index is 12.7. The van der Waals surface area contributed by atoms with E-state index in [1.54, 1.807) is 0 Å². The summed E-state index contributed by atoms with van der Waals surface area (Å²) in [5, 5.41) is 32.4. The maximum Gasteiger partial charge on any atom is 0.470 e. The molecule has 1 amide bonds. The number of nitrogens with one attached hydrogen (secondary N) is 1. The van der Waals surface area contributed by atoms with Gasteiger partial charge >= 0.3 is 13.8 Å². The van der Waals surface area contributed by atoms with Crippen molar-refractivity contribution in [2.75, 3.05) is 6.61 Å². The number of amides is 1. The van der Waals surface area contributed by atoms with Crippen LogP contribution in [0.2, 0.25) is 0 Å². The van der Waals surface area contributed by atoms with Crippen molar-refractivity contribution < 1.29 is 53.3 Å². The molecule has 1 aliphatic heterocycles. The molecule has 6 N–H and O–H groups in total. The van der Waals surface area contributed by atoms with Gasteiger partial charge in [0.1, 0.15) is 30.5 Å². The molecule has 1 aliphatic rings. The van der Waals surface area contributed by atoms with E-state index in [9.17, 15) is 29.5 Å². The number of ether oxygens (including phenoxy) is 2. The zero-order valence-corrected chi connectivity index (χ0v) is 21.5. The number of unbranched alkanes of at least 4 members (excludes halogenated alkanes) is 6. The standard InChI is InChI=1S/C22H42NO11P/c1-3-5-7-8-9-10-11-15(32-18(26)12-6-4-2)13-17(25)23-19-20(27)21(34-35(29,30)31)16(14-24)33-22(19)28/h15-16,19-22,24,27-28H,3-14H2,1-2H3,(H,23,25)(H2,29,30,31)/t15-,16-,19-,20-,21-,22-/m1/s1. The highest BCUT2D eigenvalue weighted by Crippen LogP contribution is 2.41. The van der Waals surface area contributed by atoms with Crippen molar-refractivity contribution in [3.05, 3.63) is 0 Å². The lowest BCUT2D eigenvalue weighted by Gasteiger charge is -2.42. The molecule has 0 aromatic rings. The van der Waals surface area contributed by atoms with Crippen LogP contribution in [0.25, 0.3) is 0 Å². The maximum absolute atomic E-state index is 12.7. The van der Waals surface area contributed by atoms with Gasteiger partial charge in [-0.05, 0) is 19.3 Å². The van der Waals surface area contributed by atoms with Gasteiger partial charge in [-0.1, -0.05) is 52.4 Å². The number of aliphatic hydroxyl groups excluding tert-OH is 3. The Morgan fingerprint density at radius 1 is 1.03 bits per heavy atom. The van der Waals surface area contributed by atoms with Crippen LogP contribution in [0.15, 0.2) is 0 Å². The van der Waals surface area contributed by atoms with E-state index in [4.69, 9.17) is 19.3 Å². The summed E-state index contributed by atoms with van der Waals surface area (Å²) in [6.45, 7) is 3.27. The number of aliphatic hydroxyl groups is 3. The number of phosphoric acid groups is 1. The second-order valence-electron chi connectivity index (χ2n) is 8.87. The quantitative estimate of drug-likeness (QED) is 0.0906. The van der Waals surface area contributed by atoms with E-state index in [1.807, 2.05) is 6.92 Å². The summed E-state index contributed by atoms with van der Waals surface area (Å²) in [5.74, 6) is -1.06. The van der Waals surface area contributed by atoms with Crippen LogP contribution in [0.1, 0.15) is 84.5 Å². The lowest BCUT2D eigenvalue weighted by molar-refractivity contribution is -0.250. The number of rotatable bonds is 17. The molecule has 0 saturated carbocycles. The zero-order chi connectivity index (χ0) is 26.4. The molecule has 1 rings (SSSR count). The average Bonchev–Trinajstić information content (AvgIpc) is 2.78. The van der Waals surface area contributed by atoms with Crippen LogP contribution >= 0.6 is 7.82 Å². The molecule has 0 aromatic carbocycles. The number of carbonyl (C=O) groups excluding carboxylic acids is 2. The first-order chi connectivity index (χ1) is 16.5. The van der Waals surface area contributed by atoms with E-state index in [2.05, 4.69) is 16.8 Å². The van der Waals surface area contributed by atoms with Crippen molar-refractivity contribution in [1.29, 1.82) is 0 Å². The third kappa shape index (κ3) is 12.6. The second-order valence-corrected chi connectivity index (χ2v) is 10.1. The summed E-state index contributed by atoms with van der Waals surface area (Å²) in [6, 6.07) is -1.49. The number of hydrogen-bond donors (Lipinski definition) is 6. The molecule has 0 spiro atoms. The van der Waals surface area contributed by atoms with Crippen LogP contribution < -0.4 is 5.32 Å². The van der Waals surface area contributed by atoms with Gasteiger partial charge in [-0.3, -0.25) is 14.1 Å². The third-order valence-electron chi connectivity index (χ3n) is 5.78. The number of hydrogen-bond acceptors (Lipinski definition) is 9. The van der Waals surface area contributed by atoms with Crippen molar-refractivity contribution in [3.8, 4) is 0 Å². The van der Waals surface area contributed by atoms with Gasteiger partial charge in [-0.15, -0.1) is 0 Å². The van der Waals surface area contributed by atoms with Gasteiger partial charge in [-0.25, -0.2) is 4.57 Å². The first-order valence-electron chi connectivity index (χ1n) is 12.4. The van der Waals surface area contributed by atoms with Crippen LogP contribution in [-0.2, 0) is 28.2 Å². The SMILES string of the molecule is CCCCCCCC[C@H](CC(=O)N[C@@H]1[C@@H](O)[C@H](OP(=O)(O)O)[C@@H](CO)O[C@H]1O)OC(=O)CCCC.